The summed E-state index contributed by atoms with van der Waals surface area (Å²) in [5.74, 6) is 0. The molecule has 1 N–H and O–H groups in total. The summed E-state index contributed by atoms with van der Waals surface area (Å²) in [7, 11) is 0. The number of hydrogen-bond donors (Lipinski definition) is 0. The van der Waals surface area contributed by atoms with E-state index < -0.39 is 0 Å². The molecule has 0 rings (SSSR count). The van der Waals surface area contributed by atoms with Gasteiger partial charge in [0.05, 0.1) is 0 Å². The van der Waals surface area contributed by atoms with E-state index in [4.69, 9.17) is 5.73 Å². The molecule has 0 aliphatic rings. The topological polar surface area (TPSA) is 23.8 Å². The molecule has 0 bridgehead atoms. The lowest BCUT2D eigenvalue weighted by atomic mass is 9.89. The van der Waals surface area contributed by atoms with Crippen LogP contribution >= 0.6 is 0 Å². The zero-order chi connectivity index (χ0) is 6.62. The summed E-state index contributed by atoms with van der Waals surface area (Å²) >= 11 is 0. The number of rotatable bonds is 3. The molecular formula is C7H16N. The van der Waals surface area contributed by atoms with Gasteiger partial charge >= 0.3 is 0 Å². The Morgan fingerprint density at radius 3 is 2.00 bits per heavy atom. The first-order chi connectivity index (χ1) is 3.62. The molecule has 0 fully saturated rings. The van der Waals surface area contributed by atoms with Crippen molar-refractivity contribution < 1.29 is 0 Å². The van der Waals surface area contributed by atoms with Crippen LogP contribution in [0.25, 0.3) is 0 Å². The van der Waals surface area contributed by atoms with Crippen LogP contribution in [-0.2, 0) is 0 Å². The first-order valence-electron chi connectivity index (χ1n) is 3.27. The standard InChI is InChI=1S/C7H16N/c1-4-5-7(2,3)6-8/h8H,4-6H2,1-3H3. The molecule has 1 radical (unpaired) electrons. The summed E-state index contributed by atoms with van der Waals surface area (Å²) in [4.78, 5) is 0. The van der Waals surface area contributed by atoms with Crippen molar-refractivity contribution in [3.63, 3.8) is 0 Å². The van der Waals surface area contributed by atoms with Gasteiger partial charge in [-0.1, -0.05) is 27.2 Å². The molecule has 0 saturated carbocycles. The molecule has 0 aliphatic carbocycles. The summed E-state index contributed by atoms with van der Waals surface area (Å²) in [6.07, 6.45) is 2.38. The summed E-state index contributed by atoms with van der Waals surface area (Å²) in [5.41, 5.74) is 7.37. The first kappa shape index (κ1) is 7.96. The van der Waals surface area contributed by atoms with Crippen molar-refractivity contribution in [2.45, 2.75) is 33.6 Å². The second kappa shape index (κ2) is 3.08. The third-order valence-electron chi connectivity index (χ3n) is 1.41. The van der Waals surface area contributed by atoms with Gasteiger partial charge in [0.15, 0.2) is 0 Å². The van der Waals surface area contributed by atoms with Crippen molar-refractivity contribution in [1.82, 2.24) is 5.73 Å². The molecule has 1 heteroatoms. The lowest BCUT2D eigenvalue weighted by molar-refractivity contribution is 0.339. The van der Waals surface area contributed by atoms with Crippen LogP contribution in [0.15, 0.2) is 0 Å². The zero-order valence-corrected chi connectivity index (χ0v) is 6.12. The van der Waals surface area contributed by atoms with Crippen LogP contribution in [0.2, 0.25) is 0 Å². The van der Waals surface area contributed by atoms with Gasteiger partial charge in [-0.05, 0) is 11.8 Å². The Kier molecular flexibility index (Phi) is 3.06. The maximum Gasteiger partial charge on any atom is 0.0151 e. The molecule has 0 aromatic heterocycles. The van der Waals surface area contributed by atoms with Gasteiger partial charge < -0.3 is 0 Å². The SMILES string of the molecule is CCCC(C)(C)C[NH]. The third-order valence-corrected chi connectivity index (χ3v) is 1.41. The number of hydrogen-bond acceptors (Lipinski definition) is 0. The van der Waals surface area contributed by atoms with Gasteiger partial charge in [-0.25, -0.2) is 0 Å². The second-order valence-electron chi connectivity index (χ2n) is 3.09. The summed E-state index contributed by atoms with van der Waals surface area (Å²) < 4.78 is 0. The largest absolute Gasteiger partial charge is 0.257 e. The molecule has 0 atom stereocenters. The van der Waals surface area contributed by atoms with E-state index in [2.05, 4.69) is 20.8 Å². The Hall–Kier alpha value is -0.0400. The normalized spacial score (nSPS) is 12.0. The van der Waals surface area contributed by atoms with Gasteiger partial charge in [-0.2, -0.15) is 0 Å². The highest BCUT2D eigenvalue weighted by molar-refractivity contribution is 4.66. The van der Waals surface area contributed by atoms with Gasteiger partial charge in [0.2, 0.25) is 0 Å². The van der Waals surface area contributed by atoms with E-state index >= 15 is 0 Å². The fraction of sp³-hybridized carbons (Fsp3) is 1.00. The quantitative estimate of drug-likeness (QED) is 0.536. The summed E-state index contributed by atoms with van der Waals surface area (Å²) in [6, 6.07) is 0. The predicted molar refractivity (Wildman–Crippen MR) is 36.7 cm³/mol. The highest BCUT2D eigenvalue weighted by atomic mass is 14.6. The van der Waals surface area contributed by atoms with Crippen LogP contribution in [-0.4, -0.2) is 6.54 Å². The Morgan fingerprint density at radius 2 is 1.88 bits per heavy atom. The van der Waals surface area contributed by atoms with Crippen LogP contribution in [0.3, 0.4) is 0 Å². The fourth-order valence-electron chi connectivity index (χ4n) is 0.765. The smallest absolute Gasteiger partial charge is 0.0151 e. The molecule has 0 aliphatic heterocycles. The highest BCUT2D eigenvalue weighted by Gasteiger charge is 2.12. The molecule has 0 saturated heterocycles. The monoisotopic (exact) mass is 114 g/mol. The maximum atomic E-state index is 7.11. The van der Waals surface area contributed by atoms with Gasteiger partial charge in [-0.3, -0.25) is 5.73 Å². The van der Waals surface area contributed by atoms with Crippen LogP contribution < -0.4 is 5.73 Å². The van der Waals surface area contributed by atoms with Crippen molar-refractivity contribution in [2.24, 2.45) is 5.41 Å². The molecule has 0 unspecified atom stereocenters. The van der Waals surface area contributed by atoms with E-state index in [-0.39, 0.29) is 5.41 Å². The molecule has 0 aromatic carbocycles. The molecule has 0 amide bonds. The van der Waals surface area contributed by atoms with Crippen molar-refractivity contribution in [3.05, 3.63) is 0 Å². The van der Waals surface area contributed by atoms with E-state index in [9.17, 15) is 0 Å². The minimum Gasteiger partial charge on any atom is -0.257 e. The van der Waals surface area contributed by atoms with Crippen LogP contribution in [0, 0.1) is 5.41 Å². The summed E-state index contributed by atoms with van der Waals surface area (Å²) in [5, 5.41) is 0. The lowest BCUT2D eigenvalue weighted by Crippen LogP contribution is -2.16. The van der Waals surface area contributed by atoms with Crippen LogP contribution in [0.1, 0.15) is 33.6 Å². The van der Waals surface area contributed by atoms with Crippen molar-refractivity contribution in [2.75, 3.05) is 6.54 Å². The van der Waals surface area contributed by atoms with Crippen molar-refractivity contribution >= 4 is 0 Å². The minimum absolute atomic E-state index is 0.259. The molecule has 0 spiro atoms. The predicted octanol–water partition coefficient (Wildman–Crippen LogP) is 2.10. The molecule has 1 nitrogen and oxygen atoms in total. The van der Waals surface area contributed by atoms with Gasteiger partial charge in [0.25, 0.3) is 0 Å². The molecule has 0 heterocycles. The minimum atomic E-state index is 0.259. The average Bonchev–Trinajstić information content (AvgIpc) is 1.67. The van der Waals surface area contributed by atoms with Crippen molar-refractivity contribution in [1.29, 1.82) is 0 Å². The fourth-order valence-corrected chi connectivity index (χ4v) is 0.765. The average molecular weight is 114 g/mol. The maximum absolute atomic E-state index is 7.11. The Balaban J connectivity index is 3.37. The third kappa shape index (κ3) is 3.03. The van der Waals surface area contributed by atoms with Gasteiger partial charge in [0, 0.05) is 6.54 Å². The molecule has 0 aromatic rings. The van der Waals surface area contributed by atoms with E-state index in [0.29, 0.717) is 6.54 Å². The van der Waals surface area contributed by atoms with Crippen LogP contribution in [0.5, 0.6) is 0 Å². The molecular weight excluding hydrogens is 98.1 g/mol. The van der Waals surface area contributed by atoms with Gasteiger partial charge in [0.1, 0.15) is 0 Å². The van der Waals surface area contributed by atoms with E-state index in [1.54, 1.807) is 0 Å². The first-order valence-corrected chi connectivity index (χ1v) is 3.27. The lowest BCUT2D eigenvalue weighted by Gasteiger charge is -2.19. The second-order valence-corrected chi connectivity index (χ2v) is 3.09. The molecule has 8 heavy (non-hydrogen) atoms. The van der Waals surface area contributed by atoms with E-state index in [0.717, 1.165) is 0 Å². The Bertz CT molecular complexity index is 57.4. The number of nitrogens with one attached hydrogen (secondary N) is 1. The Morgan fingerprint density at radius 1 is 1.38 bits per heavy atom. The van der Waals surface area contributed by atoms with E-state index in [1.807, 2.05) is 0 Å². The van der Waals surface area contributed by atoms with E-state index in [1.165, 1.54) is 12.8 Å². The highest BCUT2D eigenvalue weighted by Crippen LogP contribution is 2.19. The molecule has 49 valence electrons. The van der Waals surface area contributed by atoms with Gasteiger partial charge in [-0.15, -0.1) is 0 Å². The summed E-state index contributed by atoms with van der Waals surface area (Å²) in [6.45, 7) is 7.01. The van der Waals surface area contributed by atoms with Crippen LogP contribution in [0.4, 0.5) is 0 Å². The Labute approximate surface area is 52.3 Å². The van der Waals surface area contributed by atoms with Crippen molar-refractivity contribution in [3.8, 4) is 0 Å². The zero-order valence-electron chi connectivity index (χ0n) is 6.12.